The van der Waals surface area contributed by atoms with Crippen LogP contribution >= 0.6 is 7.75 Å². The third kappa shape index (κ3) is 8.68. The zero-order valence-corrected chi connectivity index (χ0v) is 17.3. The van der Waals surface area contributed by atoms with Gasteiger partial charge in [0, 0.05) is 7.11 Å². The summed E-state index contributed by atoms with van der Waals surface area (Å²) in [6.45, 7) is 4.93. The molecule has 0 aromatic carbocycles. The molecule has 0 radical (unpaired) electrons. The van der Waals surface area contributed by atoms with E-state index in [9.17, 15) is 28.6 Å². The van der Waals surface area contributed by atoms with Crippen LogP contribution in [0.5, 0.6) is 0 Å². The van der Waals surface area contributed by atoms with Gasteiger partial charge in [0.2, 0.25) is 0 Å². The van der Waals surface area contributed by atoms with Crippen LogP contribution in [0.1, 0.15) is 40.5 Å². The van der Waals surface area contributed by atoms with E-state index < -0.39 is 50.0 Å². The number of aliphatic carboxylic acids is 1. The summed E-state index contributed by atoms with van der Waals surface area (Å²) in [4.78, 5) is 56.8. The highest BCUT2D eigenvalue weighted by Crippen LogP contribution is 2.45. The number of carbonyl (C=O) groups excluding carboxylic acids is 3. The molecule has 0 aromatic heterocycles. The van der Waals surface area contributed by atoms with Crippen LogP contribution in [0, 0.1) is 5.41 Å². The summed E-state index contributed by atoms with van der Waals surface area (Å²) in [6, 6.07) is 0. The Kier molecular flexibility index (Phi) is 10.1. The van der Waals surface area contributed by atoms with Crippen molar-refractivity contribution in [2.24, 2.45) is 5.41 Å². The summed E-state index contributed by atoms with van der Waals surface area (Å²) < 4.78 is 30.3. The normalized spacial score (nSPS) is 14.4. The summed E-state index contributed by atoms with van der Waals surface area (Å²) in [5.41, 5.74) is -1.08. The van der Waals surface area contributed by atoms with Gasteiger partial charge < -0.3 is 24.2 Å². The molecule has 1 amide bonds. The molecule has 0 heterocycles. The van der Waals surface area contributed by atoms with Gasteiger partial charge in [0.25, 0.3) is 0 Å². The molecule has 0 aliphatic rings. The van der Waals surface area contributed by atoms with Crippen molar-refractivity contribution in [2.45, 2.75) is 46.8 Å². The third-order valence-corrected chi connectivity index (χ3v) is 4.40. The van der Waals surface area contributed by atoms with Crippen molar-refractivity contribution in [3.8, 4) is 0 Å². The molecule has 0 rings (SSSR count). The number of ether oxygens (including phenoxy) is 3. The van der Waals surface area contributed by atoms with Crippen LogP contribution in [0.2, 0.25) is 0 Å². The molecule has 0 aliphatic heterocycles. The van der Waals surface area contributed by atoms with Crippen molar-refractivity contribution in [3.05, 3.63) is 0 Å². The van der Waals surface area contributed by atoms with Crippen LogP contribution < -0.4 is 0 Å². The summed E-state index contributed by atoms with van der Waals surface area (Å²) in [7, 11) is -4.12. The van der Waals surface area contributed by atoms with Crippen LogP contribution in [0.3, 0.4) is 0 Å². The van der Waals surface area contributed by atoms with E-state index in [0.29, 0.717) is 12.8 Å². The fraction of sp³-hybridized carbons (Fsp3) is 0.733. The lowest BCUT2D eigenvalue weighted by Gasteiger charge is -2.26. The van der Waals surface area contributed by atoms with E-state index in [4.69, 9.17) is 14.6 Å². The van der Waals surface area contributed by atoms with E-state index in [2.05, 4.69) is 9.26 Å². The summed E-state index contributed by atoms with van der Waals surface area (Å²) in [6.07, 6.45) is -2.76. The second-order valence-corrected chi connectivity index (χ2v) is 8.35. The van der Waals surface area contributed by atoms with Crippen molar-refractivity contribution in [1.29, 1.82) is 0 Å². The lowest BCUT2D eigenvalue weighted by atomic mass is 9.97. The molecule has 0 spiro atoms. The molecule has 2 N–H and O–H groups in total. The number of hydrogen-bond donors (Lipinski definition) is 2. The van der Waals surface area contributed by atoms with Gasteiger partial charge in [0.05, 0.1) is 12.0 Å². The Bertz CT molecular complexity index is 628. The van der Waals surface area contributed by atoms with Gasteiger partial charge in [-0.15, -0.1) is 0 Å². The number of amides is 1. The Morgan fingerprint density at radius 3 is 2.14 bits per heavy atom. The third-order valence-electron chi connectivity index (χ3n) is 3.01. The van der Waals surface area contributed by atoms with Gasteiger partial charge in [-0.25, -0.2) is 18.8 Å². The van der Waals surface area contributed by atoms with Crippen LogP contribution in [0.4, 0.5) is 4.79 Å². The molecule has 28 heavy (non-hydrogen) atoms. The molecular weight excluding hydrogens is 401 g/mol. The highest BCUT2D eigenvalue weighted by atomic mass is 31.2. The summed E-state index contributed by atoms with van der Waals surface area (Å²) >= 11 is 0. The summed E-state index contributed by atoms with van der Waals surface area (Å²) in [5.74, 6) is -3.82. The number of nitrogens with zero attached hydrogens (tertiary/aromatic N) is 1. The van der Waals surface area contributed by atoms with Gasteiger partial charge in [0.15, 0.2) is 0 Å². The largest absolute Gasteiger partial charge is 0.480 e. The molecule has 0 saturated heterocycles. The maximum atomic E-state index is 12.2. The minimum absolute atomic E-state index is 0.0497. The fourth-order valence-corrected chi connectivity index (χ4v) is 2.17. The number of esters is 2. The van der Waals surface area contributed by atoms with Gasteiger partial charge in [-0.1, -0.05) is 13.3 Å². The number of unbranched alkanes of at least 4 members (excludes halogenated alkanes) is 1. The van der Waals surface area contributed by atoms with Crippen molar-refractivity contribution in [3.63, 3.8) is 0 Å². The highest BCUT2D eigenvalue weighted by Gasteiger charge is 2.40. The zero-order chi connectivity index (χ0) is 22.1. The molecule has 0 aliphatic carbocycles. The Balaban J connectivity index is 5.54. The molecule has 0 aromatic rings. The van der Waals surface area contributed by atoms with E-state index in [1.54, 1.807) is 0 Å². The lowest BCUT2D eigenvalue weighted by molar-refractivity contribution is -0.197. The van der Waals surface area contributed by atoms with E-state index in [0.717, 1.165) is 7.11 Å². The molecule has 162 valence electrons. The van der Waals surface area contributed by atoms with Crippen LogP contribution in [-0.2, 0) is 37.7 Å². The molecule has 0 saturated carbocycles. The predicted octanol–water partition coefficient (Wildman–Crippen LogP) is 1.52. The van der Waals surface area contributed by atoms with E-state index in [-0.39, 0.29) is 11.3 Å². The topological polar surface area (TPSA) is 166 Å². The molecule has 0 fully saturated rings. The van der Waals surface area contributed by atoms with E-state index in [1.807, 2.05) is 6.92 Å². The number of hydrogen-bond acceptors (Lipinski definition) is 9. The lowest BCUT2D eigenvalue weighted by Crippen LogP contribution is -2.42. The van der Waals surface area contributed by atoms with Crippen LogP contribution in [0.25, 0.3) is 0 Å². The van der Waals surface area contributed by atoms with Gasteiger partial charge in [-0.3, -0.25) is 14.1 Å². The quantitative estimate of drug-likeness (QED) is 0.224. The Hall–Kier alpha value is -2.17. The average Bonchev–Trinajstić information content (AvgIpc) is 2.57. The van der Waals surface area contributed by atoms with Gasteiger partial charge in [-0.05, 0) is 27.2 Å². The maximum absolute atomic E-state index is 12.2. The van der Waals surface area contributed by atoms with Gasteiger partial charge in [0.1, 0.15) is 6.54 Å². The van der Waals surface area contributed by atoms with Crippen molar-refractivity contribution in [2.75, 3.05) is 20.3 Å². The molecule has 13 heteroatoms. The molecule has 2 unspecified atom stereocenters. The second kappa shape index (κ2) is 11.0. The predicted molar refractivity (Wildman–Crippen MR) is 92.9 cm³/mol. The smallest absolute Gasteiger partial charge is 0.437 e. The Morgan fingerprint density at radius 1 is 1.14 bits per heavy atom. The van der Waals surface area contributed by atoms with Crippen molar-refractivity contribution >= 4 is 31.7 Å². The minimum atomic E-state index is -4.89. The minimum Gasteiger partial charge on any atom is -0.480 e. The van der Waals surface area contributed by atoms with E-state index >= 15 is 0 Å². The van der Waals surface area contributed by atoms with Crippen LogP contribution in [-0.4, -0.2) is 65.2 Å². The average molecular weight is 427 g/mol. The van der Waals surface area contributed by atoms with Gasteiger partial charge in [-0.2, -0.15) is 0 Å². The Morgan fingerprint density at radius 2 is 1.71 bits per heavy atom. The fourth-order valence-electron chi connectivity index (χ4n) is 1.42. The zero-order valence-electron chi connectivity index (χ0n) is 16.4. The maximum Gasteiger partial charge on any atom is 0.437 e. The number of carbonyl (C=O) groups is 4. The number of carboxylic acids is 1. The van der Waals surface area contributed by atoms with Crippen molar-refractivity contribution in [1.82, 2.24) is 4.67 Å². The van der Waals surface area contributed by atoms with E-state index in [1.165, 1.54) is 20.8 Å². The molecular formula is C15H26NO11P. The molecule has 2 atom stereocenters. The standard InChI is InChI=1S/C15H26NO11P/c1-6-7-8-25-11(19)12(26-13(20)15(2,3)4)27-14(21)16(9-10(17)18)28(22,23)24-5/h12H,6-9H2,1-5H3,(H,17,18)(H,22,23). The van der Waals surface area contributed by atoms with Gasteiger partial charge >= 0.3 is 38.0 Å². The molecule has 0 bridgehead atoms. The first kappa shape index (κ1) is 25.8. The first-order valence-electron chi connectivity index (χ1n) is 8.23. The van der Waals surface area contributed by atoms with Crippen LogP contribution in [0.15, 0.2) is 0 Å². The summed E-state index contributed by atoms with van der Waals surface area (Å²) in [5, 5.41) is 8.82. The monoisotopic (exact) mass is 427 g/mol. The first-order valence-corrected chi connectivity index (χ1v) is 9.76. The van der Waals surface area contributed by atoms with Crippen molar-refractivity contribution < 1.29 is 52.5 Å². The first-order chi connectivity index (χ1) is 12.8. The molecule has 12 nitrogen and oxygen atoms in total. The number of rotatable bonds is 10. The highest BCUT2D eigenvalue weighted by molar-refractivity contribution is 7.51. The Labute approximate surface area is 162 Å². The number of carboxylic acid groups (broad SMARTS) is 1. The second-order valence-electron chi connectivity index (χ2n) is 6.52. The SMILES string of the molecule is CCCCOC(=O)C(OC(=O)N(CC(=O)O)P(=O)(O)OC)OC(=O)C(C)(C)C.